The molecule has 0 bridgehead atoms. The molecule has 39 heavy (non-hydrogen) atoms. The summed E-state index contributed by atoms with van der Waals surface area (Å²) in [7, 11) is 0. The predicted octanol–water partition coefficient (Wildman–Crippen LogP) is 6.46. The van der Waals surface area contributed by atoms with E-state index in [4.69, 9.17) is 33.5 Å². The smallest absolute Gasteiger partial charge is 0.174 e. The Morgan fingerprint density at radius 1 is 0.897 bits per heavy atom. The van der Waals surface area contributed by atoms with Gasteiger partial charge in [0.2, 0.25) is 0 Å². The summed E-state index contributed by atoms with van der Waals surface area (Å²) in [6.07, 6.45) is 1.85. The zero-order chi connectivity index (χ0) is 27.1. The lowest BCUT2D eigenvalue weighted by atomic mass is 9.93. The van der Waals surface area contributed by atoms with Crippen molar-refractivity contribution < 1.29 is 4.74 Å². The lowest BCUT2D eigenvalue weighted by Crippen LogP contribution is -2.36. The van der Waals surface area contributed by atoms with E-state index in [1.54, 1.807) is 0 Å². The monoisotopic (exact) mass is 557 g/mol. The van der Waals surface area contributed by atoms with Crippen LogP contribution in [0.15, 0.2) is 72.9 Å². The third kappa shape index (κ3) is 4.69. The number of rotatable bonds is 5. The molecule has 0 spiro atoms. The second-order valence-corrected chi connectivity index (χ2v) is 11.0. The summed E-state index contributed by atoms with van der Waals surface area (Å²) in [6.45, 7) is 9.89. The number of hydrogen-bond donors (Lipinski definition) is 1. The van der Waals surface area contributed by atoms with Crippen LogP contribution in [0.3, 0.4) is 0 Å². The van der Waals surface area contributed by atoms with Gasteiger partial charge in [-0.1, -0.05) is 23.7 Å². The van der Waals surface area contributed by atoms with Crippen molar-refractivity contribution in [3.05, 3.63) is 106 Å². The number of aromatic nitrogens is 2. The van der Waals surface area contributed by atoms with Crippen LogP contribution in [-0.2, 0) is 4.74 Å². The largest absolute Gasteiger partial charge is 0.378 e. The van der Waals surface area contributed by atoms with Crippen molar-refractivity contribution in [1.29, 1.82) is 0 Å². The molecule has 4 aromatic rings. The number of halogens is 1. The Kier molecular flexibility index (Phi) is 7.06. The van der Waals surface area contributed by atoms with Crippen molar-refractivity contribution in [2.24, 2.45) is 0 Å². The zero-order valence-electron chi connectivity index (χ0n) is 22.4. The summed E-state index contributed by atoms with van der Waals surface area (Å²) >= 11 is 12.4. The standard InChI is InChI=1S/C31H32ClN5OS/c1-20-21(2)36(26-8-6-7-23(32)19-26)22(3)28(20)30-29(27-9-4-5-14-33-27)34-31(39)37(30)25-12-10-24(11-13-25)35-15-17-38-18-16-35/h4-14,19,29-30H,15-18H2,1-3H3,(H,34,39)/t29-,30+/m0/s1. The van der Waals surface area contributed by atoms with Crippen LogP contribution in [0.4, 0.5) is 11.4 Å². The molecule has 200 valence electrons. The molecule has 8 heteroatoms. The summed E-state index contributed by atoms with van der Waals surface area (Å²) in [6, 6.07) is 22.6. The Balaban J connectivity index is 1.47. The van der Waals surface area contributed by atoms with Crippen LogP contribution < -0.4 is 15.1 Å². The molecule has 2 aromatic heterocycles. The zero-order valence-corrected chi connectivity index (χ0v) is 24.0. The molecule has 6 nitrogen and oxygen atoms in total. The number of pyridine rings is 1. The van der Waals surface area contributed by atoms with Crippen molar-refractivity contribution in [3.8, 4) is 5.69 Å². The number of hydrogen-bond acceptors (Lipinski definition) is 4. The van der Waals surface area contributed by atoms with Gasteiger partial charge in [0.1, 0.15) is 0 Å². The number of nitrogens with zero attached hydrogens (tertiary/aromatic N) is 4. The highest BCUT2D eigenvalue weighted by Gasteiger charge is 2.43. The van der Waals surface area contributed by atoms with Crippen molar-refractivity contribution in [3.63, 3.8) is 0 Å². The topological polar surface area (TPSA) is 45.6 Å². The molecule has 2 aliphatic heterocycles. The average Bonchev–Trinajstić information content (AvgIpc) is 3.41. The van der Waals surface area contributed by atoms with Gasteiger partial charge >= 0.3 is 0 Å². The molecule has 6 rings (SSSR count). The van der Waals surface area contributed by atoms with E-state index >= 15 is 0 Å². The molecule has 2 aliphatic rings. The van der Waals surface area contributed by atoms with E-state index in [0.29, 0.717) is 5.11 Å². The summed E-state index contributed by atoms with van der Waals surface area (Å²) in [4.78, 5) is 9.37. The number of thiocarbonyl (C=S) groups is 1. The Morgan fingerprint density at radius 2 is 1.64 bits per heavy atom. The fourth-order valence-electron chi connectivity index (χ4n) is 6.02. The van der Waals surface area contributed by atoms with Crippen LogP contribution in [0.25, 0.3) is 5.69 Å². The molecular weight excluding hydrogens is 526 g/mol. The van der Waals surface area contributed by atoms with E-state index < -0.39 is 0 Å². The third-order valence-electron chi connectivity index (χ3n) is 7.97. The SMILES string of the molecule is Cc1c([C@@H]2[C@H](c3ccccn3)NC(=S)N2c2ccc(N3CCOCC3)cc2)c(C)n(-c2cccc(Cl)c2)c1C. The van der Waals surface area contributed by atoms with E-state index in [-0.39, 0.29) is 12.1 Å². The van der Waals surface area contributed by atoms with Gasteiger partial charge in [0, 0.05) is 58.3 Å². The highest BCUT2D eigenvalue weighted by molar-refractivity contribution is 7.80. The molecule has 1 N–H and O–H groups in total. The van der Waals surface area contributed by atoms with Crippen LogP contribution >= 0.6 is 23.8 Å². The summed E-state index contributed by atoms with van der Waals surface area (Å²) in [5.41, 5.74) is 9.10. The van der Waals surface area contributed by atoms with E-state index in [0.717, 1.165) is 48.4 Å². The van der Waals surface area contributed by atoms with Crippen LogP contribution in [0.1, 0.15) is 40.3 Å². The number of anilines is 2. The van der Waals surface area contributed by atoms with Gasteiger partial charge in [0.15, 0.2) is 5.11 Å². The van der Waals surface area contributed by atoms with Crippen molar-refractivity contribution in [2.75, 3.05) is 36.1 Å². The first-order valence-electron chi connectivity index (χ1n) is 13.3. The molecule has 2 aromatic carbocycles. The molecule has 2 saturated heterocycles. The Labute approximate surface area is 240 Å². The molecule has 0 saturated carbocycles. The maximum Gasteiger partial charge on any atom is 0.174 e. The molecular formula is C31H32ClN5OS. The van der Waals surface area contributed by atoms with Crippen LogP contribution in [0.2, 0.25) is 5.02 Å². The van der Waals surface area contributed by atoms with Gasteiger partial charge in [-0.25, -0.2) is 0 Å². The van der Waals surface area contributed by atoms with Gasteiger partial charge in [-0.3, -0.25) is 4.98 Å². The van der Waals surface area contributed by atoms with Crippen molar-refractivity contribution >= 4 is 40.3 Å². The predicted molar refractivity (Wildman–Crippen MR) is 162 cm³/mol. The Bertz CT molecular complexity index is 1500. The van der Waals surface area contributed by atoms with Gasteiger partial charge in [-0.05, 0) is 93.1 Å². The summed E-state index contributed by atoms with van der Waals surface area (Å²) in [5, 5.41) is 5.03. The quantitative estimate of drug-likeness (QED) is 0.284. The van der Waals surface area contributed by atoms with Gasteiger partial charge in [0.05, 0.1) is 31.0 Å². The first-order valence-corrected chi connectivity index (χ1v) is 14.1. The van der Waals surface area contributed by atoms with Crippen LogP contribution in [0.5, 0.6) is 0 Å². The second kappa shape index (κ2) is 10.6. The highest BCUT2D eigenvalue weighted by atomic mass is 35.5. The summed E-state index contributed by atoms with van der Waals surface area (Å²) < 4.78 is 7.84. The van der Waals surface area contributed by atoms with Crippen LogP contribution in [-0.4, -0.2) is 41.0 Å². The highest BCUT2D eigenvalue weighted by Crippen LogP contribution is 2.45. The lowest BCUT2D eigenvalue weighted by Gasteiger charge is -2.31. The molecule has 4 heterocycles. The fraction of sp³-hybridized carbons (Fsp3) is 0.290. The van der Waals surface area contributed by atoms with Gasteiger partial charge in [-0.15, -0.1) is 0 Å². The maximum atomic E-state index is 6.40. The Morgan fingerprint density at radius 3 is 2.33 bits per heavy atom. The van der Waals surface area contributed by atoms with E-state index in [1.165, 1.54) is 28.2 Å². The average molecular weight is 558 g/mol. The third-order valence-corrected chi connectivity index (χ3v) is 8.52. The van der Waals surface area contributed by atoms with E-state index in [1.807, 2.05) is 36.5 Å². The summed E-state index contributed by atoms with van der Waals surface area (Å²) in [5.74, 6) is 0. The molecule has 2 atom stereocenters. The molecule has 0 aliphatic carbocycles. The lowest BCUT2D eigenvalue weighted by molar-refractivity contribution is 0.122. The van der Waals surface area contributed by atoms with Gasteiger partial charge in [0.25, 0.3) is 0 Å². The minimum Gasteiger partial charge on any atom is -0.378 e. The first-order chi connectivity index (χ1) is 18.9. The Hall–Kier alpha value is -3.39. The number of nitrogens with one attached hydrogen (secondary N) is 1. The number of morpholine rings is 1. The molecule has 2 fully saturated rings. The second-order valence-electron chi connectivity index (χ2n) is 10.1. The molecule has 0 radical (unpaired) electrons. The normalized spacial score (nSPS) is 19.4. The minimum atomic E-state index is -0.107. The van der Waals surface area contributed by atoms with E-state index in [2.05, 4.69) is 76.9 Å². The minimum absolute atomic E-state index is 0.0826. The number of benzene rings is 2. The van der Waals surface area contributed by atoms with Crippen molar-refractivity contribution in [2.45, 2.75) is 32.9 Å². The van der Waals surface area contributed by atoms with Crippen molar-refractivity contribution in [1.82, 2.24) is 14.9 Å². The first kappa shape index (κ1) is 25.9. The van der Waals surface area contributed by atoms with Gasteiger partial charge in [-0.2, -0.15) is 0 Å². The molecule has 0 amide bonds. The maximum absolute atomic E-state index is 6.40. The number of ether oxygens (including phenoxy) is 1. The van der Waals surface area contributed by atoms with E-state index in [9.17, 15) is 0 Å². The van der Waals surface area contributed by atoms with Gasteiger partial charge < -0.3 is 24.4 Å². The molecule has 0 unspecified atom stereocenters. The van der Waals surface area contributed by atoms with Crippen LogP contribution in [0, 0.1) is 20.8 Å². The fourth-order valence-corrected chi connectivity index (χ4v) is 6.55.